The first-order chi connectivity index (χ1) is 23.3. The fourth-order valence-corrected chi connectivity index (χ4v) is 8.25. The van der Waals surface area contributed by atoms with Gasteiger partial charge < -0.3 is 30.9 Å². The summed E-state index contributed by atoms with van der Waals surface area (Å²) in [5.41, 5.74) is 9.35. The van der Waals surface area contributed by atoms with Crippen molar-refractivity contribution in [3.05, 3.63) is 97.5 Å². The fourth-order valence-electron chi connectivity index (χ4n) is 8.25. The van der Waals surface area contributed by atoms with Gasteiger partial charge in [-0.25, -0.2) is 0 Å². The SMILES string of the molecule is c1cc2c(ccc3oc4ccc5oc6ccc7oc8ccc9oc%10ccc%11oc%12ccc%13occc%13c%12c%11c%10c9c8c7c6c5c4c32)o1. The average molecular weight is 609 g/mol. The molecule has 0 bridgehead atoms. The van der Waals surface area contributed by atoms with Gasteiger partial charge in [0, 0.05) is 64.6 Å². The molecule has 13 rings (SSSR count). The van der Waals surface area contributed by atoms with E-state index in [4.69, 9.17) is 30.9 Å². The van der Waals surface area contributed by atoms with Crippen LogP contribution in [-0.2, 0) is 0 Å². The lowest BCUT2D eigenvalue weighted by molar-refractivity contribution is 0.615. The summed E-state index contributed by atoms with van der Waals surface area (Å²) in [6.45, 7) is 0. The highest BCUT2D eigenvalue weighted by atomic mass is 16.4. The molecule has 0 unspecified atom stereocenters. The van der Waals surface area contributed by atoms with E-state index in [1.807, 2.05) is 84.9 Å². The molecular weight excluding hydrogens is 592 g/mol. The summed E-state index contributed by atoms with van der Waals surface area (Å²) in [5, 5.41) is 11.8. The van der Waals surface area contributed by atoms with E-state index in [2.05, 4.69) is 0 Å². The Hall–Kier alpha value is -6.60. The van der Waals surface area contributed by atoms with Crippen molar-refractivity contribution < 1.29 is 30.9 Å². The Morgan fingerprint density at radius 2 is 0.426 bits per heavy atom. The summed E-state index contributed by atoms with van der Waals surface area (Å²) < 4.78 is 44.2. The predicted molar refractivity (Wildman–Crippen MR) is 182 cm³/mol. The second-order valence-electron chi connectivity index (χ2n) is 12.3. The third-order valence-electron chi connectivity index (χ3n) is 10.1. The van der Waals surface area contributed by atoms with E-state index in [9.17, 15) is 0 Å². The van der Waals surface area contributed by atoms with Crippen molar-refractivity contribution >= 4 is 132 Å². The van der Waals surface area contributed by atoms with Crippen LogP contribution >= 0.6 is 0 Å². The summed E-state index contributed by atoms with van der Waals surface area (Å²) in [6.07, 6.45) is 3.44. The zero-order valence-electron chi connectivity index (χ0n) is 24.1. The van der Waals surface area contributed by atoms with Crippen molar-refractivity contribution in [2.75, 3.05) is 0 Å². The number of hydrogen-bond donors (Lipinski definition) is 0. The van der Waals surface area contributed by atoms with Crippen molar-refractivity contribution in [1.29, 1.82) is 0 Å². The summed E-state index contributed by atoms with van der Waals surface area (Å²) >= 11 is 0. The molecule has 0 saturated heterocycles. The van der Waals surface area contributed by atoms with Crippen LogP contribution in [0.15, 0.2) is 128 Å². The molecule has 0 aliphatic heterocycles. The van der Waals surface area contributed by atoms with Crippen molar-refractivity contribution in [2.24, 2.45) is 0 Å². The quantitative estimate of drug-likeness (QED) is 0.169. The molecule has 7 heterocycles. The minimum Gasteiger partial charge on any atom is -0.464 e. The molecule has 47 heavy (non-hydrogen) atoms. The molecule has 0 spiro atoms. The Balaban J connectivity index is 1.32. The van der Waals surface area contributed by atoms with Gasteiger partial charge in [0.15, 0.2) is 0 Å². The fraction of sp³-hybridized carbons (Fsp3) is 0. The van der Waals surface area contributed by atoms with Crippen LogP contribution in [-0.4, -0.2) is 0 Å². The standard InChI is InChI=1S/C40H16O7/c1-3-21-31(17-13-15-41-19(1)17)33-23(43-21)5-7-25-35(33)37-27(45-25)9-11-29-39(37)40-30(47-29)12-10-28-38(40)36-26(46-28)8-6-24-34(36)32-18-14-16-42-20(18)2-4-22(32)44-24/h1-16H. The van der Waals surface area contributed by atoms with Crippen LogP contribution in [0.4, 0.5) is 0 Å². The molecule has 0 aliphatic carbocycles. The number of fused-ring (bicyclic) bond motifs is 23. The van der Waals surface area contributed by atoms with Crippen LogP contribution < -0.4 is 0 Å². The molecule has 0 aliphatic rings. The van der Waals surface area contributed by atoms with Crippen LogP contribution in [0.3, 0.4) is 0 Å². The smallest absolute Gasteiger partial charge is 0.136 e. The van der Waals surface area contributed by atoms with Gasteiger partial charge in [-0.1, -0.05) is 0 Å². The maximum atomic E-state index is 6.62. The topological polar surface area (TPSA) is 92.0 Å². The van der Waals surface area contributed by atoms with Gasteiger partial charge in [-0.05, 0) is 84.9 Å². The van der Waals surface area contributed by atoms with Gasteiger partial charge in [-0.3, -0.25) is 0 Å². The van der Waals surface area contributed by atoms with Crippen molar-refractivity contribution in [3.63, 3.8) is 0 Å². The van der Waals surface area contributed by atoms with Crippen LogP contribution in [0, 0.1) is 0 Å². The highest BCUT2D eigenvalue weighted by Gasteiger charge is 2.26. The van der Waals surface area contributed by atoms with Crippen LogP contribution in [0.5, 0.6) is 0 Å². The molecule has 7 nitrogen and oxygen atoms in total. The van der Waals surface area contributed by atoms with Crippen LogP contribution in [0.2, 0.25) is 0 Å². The maximum absolute atomic E-state index is 6.62. The Morgan fingerprint density at radius 1 is 0.213 bits per heavy atom. The largest absolute Gasteiger partial charge is 0.464 e. The second kappa shape index (κ2) is 7.43. The highest BCUT2D eigenvalue weighted by Crippen LogP contribution is 2.50. The minimum absolute atomic E-state index is 0.761. The molecule has 0 saturated carbocycles. The molecule has 7 heteroatoms. The normalized spacial score (nSPS) is 13.1. The zero-order valence-corrected chi connectivity index (χ0v) is 24.1. The minimum atomic E-state index is 0.761. The van der Waals surface area contributed by atoms with Crippen LogP contribution in [0.1, 0.15) is 0 Å². The maximum Gasteiger partial charge on any atom is 0.136 e. The molecule has 218 valence electrons. The number of rotatable bonds is 0. The van der Waals surface area contributed by atoms with E-state index in [1.165, 1.54) is 0 Å². The van der Waals surface area contributed by atoms with Gasteiger partial charge in [-0.15, -0.1) is 0 Å². The Bertz CT molecular complexity index is 3290. The lowest BCUT2D eigenvalue weighted by Gasteiger charge is -1.99. The van der Waals surface area contributed by atoms with Gasteiger partial charge in [0.25, 0.3) is 0 Å². The third-order valence-corrected chi connectivity index (χ3v) is 10.1. The second-order valence-corrected chi connectivity index (χ2v) is 12.3. The summed E-state index contributed by atoms with van der Waals surface area (Å²) in [6, 6.07) is 27.7. The molecular formula is C40H16O7. The molecule has 0 amide bonds. The van der Waals surface area contributed by atoms with Crippen LogP contribution in [0.25, 0.3) is 132 Å². The highest BCUT2D eigenvalue weighted by molar-refractivity contribution is 6.41. The van der Waals surface area contributed by atoms with E-state index in [-0.39, 0.29) is 0 Å². The first kappa shape index (κ1) is 22.8. The van der Waals surface area contributed by atoms with Crippen molar-refractivity contribution in [1.82, 2.24) is 0 Å². The number of benzene rings is 6. The summed E-state index contributed by atoms with van der Waals surface area (Å²) in [7, 11) is 0. The van der Waals surface area contributed by atoms with Crippen molar-refractivity contribution in [3.8, 4) is 0 Å². The van der Waals surface area contributed by atoms with Gasteiger partial charge in [-0.2, -0.15) is 0 Å². The monoisotopic (exact) mass is 608 g/mol. The van der Waals surface area contributed by atoms with Crippen molar-refractivity contribution in [2.45, 2.75) is 0 Å². The molecule has 7 aromatic heterocycles. The molecule has 6 aromatic carbocycles. The Morgan fingerprint density at radius 3 is 0.702 bits per heavy atom. The summed E-state index contributed by atoms with van der Waals surface area (Å²) in [4.78, 5) is 0. The van der Waals surface area contributed by atoms with Gasteiger partial charge in [0.1, 0.15) is 67.0 Å². The Kier molecular flexibility index (Phi) is 3.61. The molecule has 0 N–H and O–H groups in total. The molecule has 0 atom stereocenters. The molecule has 13 aromatic rings. The van der Waals surface area contributed by atoms with E-state index in [0.717, 1.165) is 132 Å². The first-order valence-electron chi connectivity index (χ1n) is 15.4. The van der Waals surface area contributed by atoms with Gasteiger partial charge >= 0.3 is 0 Å². The summed E-state index contributed by atoms with van der Waals surface area (Å²) in [5.74, 6) is 0. The first-order valence-corrected chi connectivity index (χ1v) is 15.4. The third kappa shape index (κ3) is 2.54. The lowest BCUT2D eigenvalue weighted by atomic mass is 9.97. The van der Waals surface area contributed by atoms with E-state index in [1.54, 1.807) is 12.5 Å². The number of furan rings is 7. The van der Waals surface area contributed by atoms with E-state index < -0.39 is 0 Å². The molecule has 0 fully saturated rings. The predicted octanol–water partition coefficient (Wildman–Crippen LogP) is 12.7. The van der Waals surface area contributed by atoms with Gasteiger partial charge in [0.2, 0.25) is 0 Å². The average Bonchev–Trinajstić information content (AvgIpc) is 3.92. The number of hydrogen-bond acceptors (Lipinski definition) is 7. The molecule has 0 radical (unpaired) electrons. The van der Waals surface area contributed by atoms with E-state index >= 15 is 0 Å². The lowest BCUT2D eigenvalue weighted by Crippen LogP contribution is -1.76. The van der Waals surface area contributed by atoms with Gasteiger partial charge in [0.05, 0.1) is 12.5 Å². The van der Waals surface area contributed by atoms with E-state index in [0.29, 0.717) is 0 Å². The Labute approximate surface area is 259 Å². The zero-order chi connectivity index (χ0) is 30.1.